The van der Waals surface area contributed by atoms with Crippen LogP contribution in [0.1, 0.15) is 10.4 Å². The van der Waals surface area contributed by atoms with Crippen molar-refractivity contribution < 1.29 is 14.0 Å². The van der Waals surface area contributed by atoms with Crippen LogP contribution in [0, 0.1) is 0 Å². The molecule has 2 aromatic rings. The van der Waals surface area contributed by atoms with Gasteiger partial charge in [-0.05, 0) is 12.1 Å². The van der Waals surface area contributed by atoms with Crippen LogP contribution in [0.4, 0.5) is 4.79 Å². The average Bonchev–Trinajstić information content (AvgIpc) is 3.16. The Balaban J connectivity index is 1.46. The van der Waals surface area contributed by atoms with Crippen LogP contribution in [0.3, 0.4) is 0 Å². The van der Waals surface area contributed by atoms with Crippen molar-refractivity contribution in [3.63, 3.8) is 0 Å². The van der Waals surface area contributed by atoms with Gasteiger partial charge in [0.2, 0.25) is 0 Å². The third kappa shape index (κ3) is 2.08. The monoisotopic (exact) mass is 312 g/mol. The fourth-order valence-corrected chi connectivity index (χ4v) is 3.14. The number of likely N-dealkylation sites (tertiary alicyclic amines) is 1. The Hall–Kier alpha value is -2.83. The Labute approximate surface area is 132 Å². The number of urea groups is 1. The van der Waals surface area contributed by atoms with E-state index in [9.17, 15) is 9.59 Å². The highest BCUT2D eigenvalue weighted by Gasteiger charge is 2.53. The number of carbonyl (C=O) groups is 2. The average molecular weight is 312 g/mol. The summed E-state index contributed by atoms with van der Waals surface area (Å²) in [5.74, 6) is 0.650. The zero-order valence-electron chi connectivity index (χ0n) is 12.7. The first-order valence-corrected chi connectivity index (χ1v) is 7.39. The second-order valence-corrected chi connectivity index (χ2v) is 6.05. The normalized spacial score (nSPS) is 18.9. The Bertz CT molecular complexity index is 748. The smallest absolute Gasteiger partial charge is 0.317 e. The molecule has 3 amide bonds. The molecule has 2 aliphatic rings. The molecule has 4 rings (SSSR count). The number of nitrogens with zero attached hydrogens (tertiary/aromatic N) is 3. The van der Waals surface area contributed by atoms with Crippen LogP contribution in [0.2, 0.25) is 0 Å². The SMILES string of the molecule is CN1C(=O)NCC12CN(C(=O)c1ccc(-c3cnco3)cc1)C2. The van der Waals surface area contributed by atoms with Crippen molar-refractivity contribution in [3.05, 3.63) is 42.4 Å². The van der Waals surface area contributed by atoms with E-state index in [0.29, 0.717) is 31.0 Å². The van der Waals surface area contributed by atoms with Gasteiger partial charge >= 0.3 is 6.03 Å². The number of amides is 3. The molecule has 0 saturated carbocycles. The highest BCUT2D eigenvalue weighted by molar-refractivity contribution is 5.95. The first-order valence-electron chi connectivity index (χ1n) is 7.39. The Kier molecular flexibility index (Phi) is 2.90. The van der Waals surface area contributed by atoms with E-state index in [4.69, 9.17) is 4.42 Å². The summed E-state index contributed by atoms with van der Waals surface area (Å²) in [5, 5.41) is 2.82. The Morgan fingerprint density at radius 1 is 1.30 bits per heavy atom. The highest BCUT2D eigenvalue weighted by atomic mass is 16.3. The third-order valence-electron chi connectivity index (χ3n) is 4.69. The van der Waals surface area contributed by atoms with Gasteiger partial charge in [-0.1, -0.05) is 12.1 Å². The first kappa shape index (κ1) is 13.8. The summed E-state index contributed by atoms with van der Waals surface area (Å²) < 4.78 is 5.23. The summed E-state index contributed by atoms with van der Waals surface area (Å²) in [5.41, 5.74) is 1.26. The summed E-state index contributed by atoms with van der Waals surface area (Å²) in [6, 6.07) is 7.18. The second kappa shape index (κ2) is 4.84. The number of benzene rings is 1. The second-order valence-electron chi connectivity index (χ2n) is 6.05. The summed E-state index contributed by atoms with van der Waals surface area (Å²) in [6.45, 7) is 1.71. The molecule has 1 N–H and O–H groups in total. The minimum atomic E-state index is -0.244. The van der Waals surface area contributed by atoms with E-state index in [1.54, 1.807) is 35.2 Å². The molecule has 7 heteroatoms. The van der Waals surface area contributed by atoms with Crippen molar-refractivity contribution in [1.29, 1.82) is 0 Å². The molecule has 7 nitrogen and oxygen atoms in total. The van der Waals surface area contributed by atoms with Crippen LogP contribution in [0.5, 0.6) is 0 Å². The van der Waals surface area contributed by atoms with Gasteiger partial charge < -0.3 is 19.5 Å². The van der Waals surface area contributed by atoms with E-state index in [0.717, 1.165) is 5.56 Å². The van der Waals surface area contributed by atoms with Crippen LogP contribution in [-0.4, -0.2) is 58.9 Å². The molecular weight excluding hydrogens is 296 g/mol. The van der Waals surface area contributed by atoms with Gasteiger partial charge in [0.15, 0.2) is 12.2 Å². The minimum Gasteiger partial charge on any atom is -0.444 e. The van der Waals surface area contributed by atoms with E-state index in [1.807, 2.05) is 12.1 Å². The van der Waals surface area contributed by atoms with E-state index in [2.05, 4.69) is 10.3 Å². The number of hydrogen-bond donors (Lipinski definition) is 1. The van der Waals surface area contributed by atoms with Gasteiger partial charge in [-0.15, -0.1) is 0 Å². The lowest BCUT2D eigenvalue weighted by Gasteiger charge is -2.50. The molecule has 0 bridgehead atoms. The number of nitrogens with one attached hydrogen (secondary N) is 1. The predicted molar refractivity (Wildman–Crippen MR) is 81.7 cm³/mol. The maximum absolute atomic E-state index is 12.5. The van der Waals surface area contributed by atoms with Gasteiger partial charge in [0.25, 0.3) is 5.91 Å². The molecule has 0 atom stereocenters. The molecular formula is C16H16N4O3. The van der Waals surface area contributed by atoms with Crippen molar-refractivity contribution in [1.82, 2.24) is 20.1 Å². The maximum Gasteiger partial charge on any atom is 0.317 e. The molecule has 2 saturated heterocycles. The summed E-state index contributed by atoms with van der Waals surface area (Å²) in [7, 11) is 1.77. The van der Waals surface area contributed by atoms with Gasteiger partial charge in [-0.25, -0.2) is 9.78 Å². The number of hydrogen-bond acceptors (Lipinski definition) is 4. The fraction of sp³-hybridized carbons (Fsp3) is 0.312. The zero-order chi connectivity index (χ0) is 16.0. The van der Waals surface area contributed by atoms with Gasteiger partial charge in [0, 0.05) is 37.8 Å². The number of likely N-dealkylation sites (N-methyl/N-ethyl adjacent to an activating group) is 1. The van der Waals surface area contributed by atoms with Crippen molar-refractivity contribution in [2.45, 2.75) is 5.54 Å². The molecule has 118 valence electrons. The molecule has 1 aromatic carbocycles. The lowest BCUT2D eigenvalue weighted by molar-refractivity contribution is 0.00777. The molecule has 2 aliphatic heterocycles. The maximum atomic E-state index is 12.5. The van der Waals surface area contributed by atoms with E-state index < -0.39 is 0 Å². The van der Waals surface area contributed by atoms with Crippen molar-refractivity contribution >= 4 is 11.9 Å². The van der Waals surface area contributed by atoms with Crippen LogP contribution in [0.15, 0.2) is 41.3 Å². The van der Waals surface area contributed by atoms with E-state index in [-0.39, 0.29) is 17.5 Å². The largest absolute Gasteiger partial charge is 0.444 e. The summed E-state index contributed by atoms with van der Waals surface area (Å²) in [6.07, 6.45) is 3.01. The summed E-state index contributed by atoms with van der Waals surface area (Å²) >= 11 is 0. The lowest BCUT2D eigenvalue weighted by Crippen LogP contribution is -2.70. The molecule has 23 heavy (non-hydrogen) atoms. The quantitative estimate of drug-likeness (QED) is 0.903. The van der Waals surface area contributed by atoms with Crippen LogP contribution < -0.4 is 5.32 Å². The van der Waals surface area contributed by atoms with E-state index >= 15 is 0 Å². The van der Waals surface area contributed by atoms with Gasteiger partial charge in [-0.3, -0.25) is 4.79 Å². The Morgan fingerprint density at radius 3 is 2.61 bits per heavy atom. The third-order valence-corrected chi connectivity index (χ3v) is 4.69. The number of rotatable bonds is 2. The van der Waals surface area contributed by atoms with Crippen LogP contribution >= 0.6 is 0 Å². The van der Waals surface area contributed by atoms with Crippen molar-refractivity contribution in [3.8, 4) is 11.3 Å². The van der Waals surface area contributed by atoms with Crippen molar-refractivity contribution in [2.24, 2.45) is 0 Å². The van der Waals surface area contributed by atoms with Crippen LogP contribution in [-0.2, 0) is 0 Å². The van der Waals surface area contributed by atoms with Crippen molar-refractivity contribution in [2.75, 3.05) is 26.7 Å². The standard InChI is InChI=1S/C16H16N4O3/c1-19-15(22)18-7-16(19)8-20(9-16)14(21)12-4-2-11(3-5-12)13-6-17-10-23-13/h2-6,10H,7-9H2,1H3,(H,18,22). The van der Waals surface area contributed by atoms with Gasteiger partial charge in [-0.2, -0.15) is 0 Å². The predicted octanol–water partition coefficient (Wildman–Crippen LogP) is 1.19. The minimum absolute atomic E-state index is 0.0208. The zero-order valence-corrected chi connectivity index (χ0v) is 12.7. The van der Waals surface area contributed by atoms with E-state index in [1.165, 1.54) is 6.39 Å². The van der Waals surface area contributed by atoms with Gasteiger partial charge in [0.1, 0.15) is 0 Å². The van der Waals surface area contributed by atoms with Gasteiger partial charge in [0.05, 0.1) is 11.7 Å². The topological polar surface area (TPSA) is 78.7 Å². The number of aromatic nitrogens is 1. The molecule has 0 aliphatic carbocycles. The molecule has 0 radical (unpaired) electrons. The molecule has 0 unspecified atom stereocenters. The Morgan fingerprint density at radius 2 is 2.04 bits per heavy atom. The first-order chi connectivity index (χ1) is 11.1. The number of carbonyl (C=O) groups excluding carboxylic acids is 2. The number of oxazole rings is 1. The molecule has 3 heterocycles. The fourth-order valence-electron chi connectivity index (χ4n) is 3.14. The lowest BCUT2D eigenvalue weighted by atomic mass is 9.89. The molecule has 2 fully saturated rings. The highest BCUT2D eigenvalue weighted by Crippen LogP contribution is 2.31. The van der Waals surface area contributed by atoms with Crippen LogP contribution in [0.25, 0.3) is 11.3 Å². The molecule has 1 aromatic heterocycles. The molecule has 1 spiro atoms. The summed E-state index contributed by atoms with van der Waals surface area (Å²) in [4.78, 5) is 31.4.